The summed E-state index contributed by atoms with van der Waals surface area (Å²) in [7, 11) is 0. The molecule has 1 aliphatic rings. The van der Waals surface area contributed by atoms with E-state index >= 15 is 0 Å². The van der Waals surface area contributed by atoms with E-state index in [9.17, 15) is 9.90 Å². The summed E-state index contributed by atoms with van der Waals surface area (Å²) >= 11 is 0. The number of rotatable bonds is 6. The zero-order chi connectivity index (χ0) is 9.84. The second-order valence-corrected chi connectivity index (χ2v) is 3.22. The first-order chi connectivity index (χ1) is 6.15. The Labute approximate surface area is 75.9 Å². The van der Waals surface area contributed by atoms with E-state index in [1.54, 1.807) is 0 Å². The second kappa shape index (κ2) is 4.66. The molecule has 0 aliphatic heterocycles. The summed E-state index contributed by atoms with van der Waals surface area (Å²) in [5.41, 5.74) is 0. The van der Waals surface area contributed by atoms with Gasteiger partial charge in [0.15, 0.2) is 6.29 Å². The van der Waals surface area contributed by atoms with Crippen LogP contribution in [-0.4, -0.2) is 52.6 Å². The van der Waals surface area contributed by atoms with E-state index in [-0.39, 0.29) is 19.0 Å². The van der Waals surface area contributed by atoms with E-state index in [4.69, 9.17) is 14.9 Å². The van der Waals surface area contributed by atoms with Crippen LogP contribution < -0.4 is 0 Å². The number of ether oxygens (including phenoxy) is 1. The Hall–Kier alpha value is -0.490. The number of aliphatic hydroxyl groups excluding tert-OH is 3. The van der Waals surface area contributed by atoms with Crippen LogP contribution in [0.2, 0.25) is 0 Å². The van der Waals surface area contributed by atoms with Crippen molar-refractivity contribution in [3.63, 3.8) is 0 Å². The van der Waals surface area contributed by atoms with Crippen LogP contribution in [0.5, 0.6) is 0 Å². The first kappa shape index (κ1) is 10.6. The highest BCUT2D eigenvalue weighted by molar-refractivity contribution is 5.56. The molecule has 0 aromatic heterocycles. The average molecular weight is 190 g/mol. The molecule has 5 heteroatoms. The molecule has 0 aromatic carbocycles. The third-order valence-electron chi connectivity index (χ3n) is 1.91. The highest BCUT2D eigenvalue weighted by Crippen LogP contribution is 2.23. The summed E-state index contributed by atoms with van der Waals surface area (Å²) in [5, 5.41) is 27.2. The first-order valence-electron chi connectivity index (χ1n) is 4.26. The maximum absolute atomic E-state index is 10.0. The molecular weight excluding hydrogens is 176 g/mol. The van der Waals surface area contributed by atoms with Crippen LogP contribution in [-0.2, 0) is 9.53 Å². The molecule has 0 bridgehead atoms. The Balaban J connectivity index is 2.18. The van der Waals surface area contributed by atoms with Crippen molar-refractivity contribution in [1.82, 2.24) is 0 Å². The third-order valence-corrected chi connectivity index (χ3v) is 1.91. The van der Waals surface area contributed by atoms with Gasteiger partial charge in [-0.3, -0.25) is 0 Å². The summed E-state index contributed by atoms with van der Waals surface area (Å²) in [4.78, 5) is 10.0. The average Bonchev–Trinajstić information content (AvgIpc) is 2.95. The zero-order valence-electron chi connectivity index (χ0n) is 7.17. The highest BCUT2D eigenvalue weighted by atomic mass is 16.5. The molecule has 3 atom stereocenters. The first-order valence-corrected chi connectivity index (χ1v) is 4.26. The number of carbonyl (C=O) groups excluding carboxylic acids is 1. The maximum Gasteiger partial charge on any atom is 0.151 e. The van der Waals surface area contributed by atoms with Crippen molar-refractivity contribution in [1.29, 1.82) is 0 Å². The monoisotopic (exact) mass is 190 g/mol. The van der Waals surface area contributed by atoms with Gasteiger partial charge in [-0.05, 0) is 12.8 Å². The van der Waals surface area contributed by atoms with Crippen molar-refractivity contribution >= 4 is 6.29 Å². The molecule has 0 unspecified atom stereocenters. The molecular formula is C8H14O5. The van der Waals surface area contributed by atoms with E-state index in [0.717, 1.165) is 12.8 Å². The molecule has 0 aromatic rings. The molecule has 5 nitrogen and oxygen atoms in total. The van der Waals surface area contributed by atoms with Gasteiger partial charge in [0.05, 0.1) is 12.7 Å². The van der Waals surface area contributed by atoms with Gasteiger partial charge in [-0.15, -0.1) is 0 Å². The highest BCUT2D eigenvalue weighted by Gasteiger charge is 2.28. The van der Waals surface area contributed by atoms with Gasteiger partial charge in [0.1, 0.15) is 18.3 Å². The SMILES string of the molecule is O=C[C@H](O)[C@H](O)[C@H](O)COC1CC1. The topological polar surface area (TPSA) is 87.0 Å². The fourth-order valence-electron chi connectivity index (χ4n) is 0.876. The van der Waals surface area contributed by atoms with Crippen LogP contribution in [0.15, 0.2) is 0 Å². The van der Waals surface area contributed by atoms with E-state index in [0.29, 0.717) is 0 Å². The van der Waals surface area contributed by atoms with Gasteiger partial charge in [0.25, 0.3) is 0 Å². The molecule has 0 heterocycles. The summed E-state index contributed by atoms with van der Waals surface area (Å²) in [6.07, 6.45) is -1.91. The molecule has 0 saturated heterocycles. The minimum atomic E-state index is -1.54. The standard InChI is InChI=1S/C8H14O5/c9-3-6(10)8(12)7(11)4-13-5-1-2-5/h3,5-8,10-12H,1-2,4H2/t6-,7+,8-/m0/s1. The predicted octanol–water partition coefficient (Wildman–Crippen LogP) is -1.55. The number of hydrogen-bond acceptors (Lipinski definition) is 5. The molecule has 0 radical (unpaired) electrons. The van der Waals surface area contributed by atoms with Gasteiger partial charge >= 0.3 is 0 Å². The van der Waals surface area contributed by atoms with Crippen molar-refractivity contribution in [2.75, 3.05) is 6.61 Å². The van der Waals surface area contributed by atoms with Crippen molar-refractivity contribution in [3.8, 4) is 0 Å². The Bertz CT molecular complexity index is 168. The second-order valence-electron chi connectivity index (χ2n) is 3.22. The van der Waals surface area contributed by atoms with Crippen LogP contribution >= 0.6 is 0 Å². The van der Waals surface area contributed by atoms with Gasteiger partial charge < -0.3 is 24.9 Å². The summed E-state index contributed by atoms with van der Waals surface area (Å²) in [5.74, 6) is 0. The largest absolute Gasteiger partial charge is 0.388 e. The summed E-state index contributed by atoms with van der Waals surface area (Å²) in [6.45, 7) is -0.0449. The smallest absolute Gasteiger partial charge is 0.151 e. The molecule has 76 valence electrons. The number of aliphatic hydroxyl groups is 3. The Morgan fingerprint density at radius 1 is 1.38 bits per heavy atom. The van der Waals surface area contributed by atoms with E-state index in [2.05, 4.69) is 0 Å². The van der Waals surface area contributed by atoms with Crippen molar-refractivity contribution < 1.29 is 24.9 Å². The number of hydrogen-bond donors (Lipinski definition) is 3. The van der Waals surface area contributed by atoms with Crippen LogP contribution in [0.1, 0.15) is 12.8 Å². The fraction of sp³-hybridized carbons (Fsp3) is 0.875. The van der Waals surface area contributed by atoms with E-state index in [1.165, 1.54) is 0 Å². The number of carbonyl (C=O) groups is 1. The van der Waals surface area contributed by atoms with E-state index in [1.807, 2.05) is 0 Å². The normalized spacial score (nSPS) is 23.6. The van der Waals surface area contributed by atoms with Gasteiger partial charge in [0.2, 0.25) is 0 Å². The molecule has 1 saturated carbocycles. The van der Waals surface area contributed by atoms with Crippen molar-refractivity contribution in [3.05, 3.63) is 0 Å². The molecule has 0 amide bonds. The molecule has 1 aliphatic carbocycles. The van der Waals surface area contributed by atoms with Crippen LogP contribution in [0.4, 0.5) is 0 Å². The number of aldehydes is 1. The van der Waals surface area contributed by atoms with Crippen molar-refractivity contribution in [2.45, 2.75) is 37.3 Å². The Kier molecular flexibility index (Phi) is 3.80. The van der Waals surface area contributed by atoms with Crippen LogP contribution in [0.25, 0.3) is 0 Å². The molecule has 0 spiro atoms. The molecule has 3 N–H and O–H groups in total. The van der Waals surface area contributed by atoms with E-state index < -0.39 is 18.3 Å². The molecule has 1 fully saturated rings. The minimum Gasteiger partial charge on any atom is -0.388 e. The summed E-state index contributed by atoms with van der Waals surface area (Å²) < 4.78 is 5.09. The Morgan fingerprint density at radius 3 is 2.46 bits per heavy atom. The maximum atomic E-state index is 10.0. The third kappa shape index (κ3) is 3.40. The lowest BCUT2D eigenvalue weighted by Crippen LogP contribution is -2.41. The van der Waals surface area contributed by atoms with Gasteiger partial charge in [-0.25, -0.2) is 0 Å². The van der Waals surface area contributed by atoms with Gasteiger partial charge in [-0.2, -0.15) is 0 Å². The fourth-order valence-corrected chi connectivity index (χ4v) is 0.876. The lowest BCUT2D eigenvalue weighted by atomic mass is 10.1. The van der Waals surface area contributed by atoms with Gasteiger partial charge in [0, 0.05) is 0 Å². The zero-order valence-corrected chi connectivity index (χ0v) is 7.17. The lowest BCUT2D eigenvalue weighted by Gasteiger charge is -2.19. The summed E-state index contributed by atoms with van der Waals surface area (Å²) in [6, 6.07) is 0. The van der Waals surface area contributed by atoms with Crippen molar-refractivity contribution in [2.24, 2.45) is 0 Å². The predicted molar refractivity (Wildman–Crippen MR) is 43.1 cm³/mol. The molecule has 1 rings (SSSR count). The minimum absolute atomic E-state index is 0.0449. The van der Waals surface area contributed by atoms with Crippen LogP contribution in [0.3, 0.4) is 0 Å². The Morgan fingerprint density at radius 2 is 2.00 bits per heavy atom. The van der Waals surface area contributed by atoms with Crippen LogP contribution in [0, 0.1) is 0 Å². The van der Waals surface area contributed by atoms with Gasteiger partial charge in [-0.1, -0.05) is 0 Å². The quantitative estimate of drug-likeness (QED) is 0.441. The molecule has 13 heavy (non-hydrogen) atoms. The lowest BCUT2D eigenvalue weighted by molar-refractivity contribution is -0.129.